The van der Waals surface area contributed by atoms with Gasteiger partial charge in [-0.1, -0.05) is 6.07 Å². The zero-order chi connectivity index (χ0) is 15.4. The number of hydrogen-bond acceptors (Lipinski definition) is 4. The van der Waals surface area contributed by atoms with Crippen LogP contribution in [0.3, 0.4) is 0 Å². The van der Waals surface area contributed by atoms with Gasteiger partial charge >= 0.3 is 0 Å². The quantitative estimate of drug-likeness (QED) is 0.798. The summed E-state index contributed by atoms with van der Waals surface area (Å²) in [6, 6.07) is 5.89. The van der Waals surface area contributed by atoms with Crippen molar-refractivity contribution in [2.45, 2.75) is 0 Å². The third kappa shape index (κ3) is 3.33. The second kappa shape index (κ2) is 6.43. The maximum Gasteiger partial charge on any atom is 0.246 e. The number of amides is 1. The van der Waals surface area contributed by atoms with Gasteiger partial charge in [-0.15, -0.1) is 0 Å². The minimum absolute atomic E-state index is 0.0459. The normalized spacial score (nSPS) is 15.5. The summed E-state index contributed by atoms with van der Waals surface area (Å²) in [5.74, 6) is 1.02. The smallest absolute Gasteiger partial charge is 0.246 e. The van der Waals surface area contributed by atoms with Crippen molar-refractivity contribution in [3.05, 3.63) is 48.4 Å². The molecule has 1 fully saturated rings. The van der Waals surface area contributed by atoms with Gasteiger partial charge < -0.3 is 9.80 Å². The Morgan fingerprint density at radius 3 is 2.68 bits per heavy atom. The van der Waals surface area contributed by atoms with Crippen LogP contribution < -0.4 is 4.90 Å². The zero-order valence-corrected chi connectivity index (χ0v) is 12.6. The predicted molar refractivity (Wildman–Crippen MR) is 85.3 cm³/mol. The lowest BCUT2D eigenvalue weighted by atomic mass is 10.2. The third-order valence-electron chi connectivity index (χ3n) is 3.71. The monoisotopic (exact) mass is 297 g/mol. The van der Waals surface area contributed by atoms with E-state index in [4.69, 9.17) is 0 Å². The molecule has 2 aromatic heterocycles. The molecule has 2 aromatic rings. The molecule has 0 N–H and O–H groups in total. The van der Waals surface area contributed by atoms with E-state index in [0.29, 0.717) is 13.1 Å². The Bertz CT molecular complexity index is 656. The van der Waals surface area contributed by atoms with Crippen LogP contribution in [0.1, 0.15) is 5.56 Å². The van der Waals surface area contributed by atoms with Gasteiger partial charge in [0.25, 0.3) is 0 Å². The van der Waals surface area contributed by atoms with Crippen molar-refractivity contribution in [2.75, 3.05) is 31.1 Å². The number of carbonyl (C=O) groups excluding carboxylic acids is 1. The fourth-order valence-corrected chi connectivity index (χ4v) is 2.50. The van der Waals surface area contributed by atoms with Crippen LogP contribution in [0.15, 0.2) is 42.9 Å². The Hall–Kier alpha value is -2.63. The average molecular weight is 297 g/mol. The second-order valence-corrected chi connectivity index (χ2v) is 5.28. The highest BCUT2D eigenvalue weighted by molar-refractivity contribution is 5.91. The Morgan fingerprint density at radius 2 is 2.05 bits per heavy atom. The fourth-order valence-electron chi connectivity index (χ4n) is 2.50. The summed E-state index contributed by atoms with van der Waals surface area (Å²) in [5, 5.41) is 4.08. The molecule has 114 valence electrons. The molecule has 0 aliphatic carbocycles. The van der Waals surface area contributed by atoms with Gasteiger partial charge in [-0.3, -0.25) is 9.48 Å². The van der Waals surface area contributed by atoms with Gasteiger partial charge in [0.2, 0.25) is 5.91 Å². The first kappa shape index (κ1) is 14.3. The minimum atomic E-state index is 0.0459. The average Bonchev–Trinajstić information content (AvgIpc) is 2.99. The Labute approximate surface area is 129 Å². The van der Waals surface area contributed by atoms with Crippen LogP contribution in [0.2, 0.25) is 0 Å². The molecule has 3 rings (SSSR count). The van der Waals surface area contributed by atoms with Crippen LogP contribution in [-0.4, -0.2) is 51.8 Å². The maximum atomic E-state index is 12.2. The number of carbonyl (C=O) groups is 1. The van der Waals surface area contributed by atoms with Gasteiger partial charge in [-0.2, -0.15) is 5.10 Å². The van der Waals surface area contributed by atoms with Crippen LogP contribution in [0, 0.1) is 0 Å². The number of aromatic nitrogens is 3. The second-order valence-electron chi connectivity index (χ2n) is 5.28. The van der Waals surface area contributed by atoms with E-state index in [9.17, 15) is 4.79 Å². The van der Waals surface area contributed by atoms with E-state index in [1.54, 1.807) is 29.2 Å². The standard InChI is InChI=1S/C16H19N5O/c1-19-13-14(12-18-19)5-6-16(22)21-10-8-20(9-11-21)15-4-2-3-7-17-15/h2-7,12-13H,8-11H2,1H3/b6-5-. The number of nitrogens with zero attached hydrogens (tertiary/aromatic N) is 5. The van der Waals surface area contributed by atoms with Crippen molar-refractivity contribution >= 4 is 17.8 Å². The predicted octanol–water partition coefficient (Wildman–Crippen LogP) is 1.18. The van der Waals surface area contributed by atoms with Crippen molar-refractivity contribution in [2.24, 2.45) is 7.05 Å². The first-order valence-corrected chi connectivity index (χ1v) is 7.34. The summed E-state index contributed by atoms with van der Waals surface area (Å²) in [4.78, 5) is 20.6. The molecule has 6 heteroatoms. The first-order chi connectivity index (χ1) is 10.7. The molecule has 6 nitrogen and oxygen atoms in total. The summed E-state index contributed by atoms with van der Waals surface area (Å²) in [7, 11) is 1.86. The van der Waals surface area contributed by atoms with Gasteiger partial charge in [0, 0.05) is 57.3 Å². The van der Waals surface area contributed by atoms with Crippen molar-refractivity contribution < 1.29 is 4.79 Å². The van der Waals surface area contributed by atoms with Gasteiger partial charge in [-0.25, -0.2) is 4.98 Å². The van der Waals surface area contributed by atoms with Crippen molar-refractivity contribution in [3.63, 3.8) is 0 Å². The maximum absolute atomic E-state index is 12.2. The number of hydrogen-bond donors (Lipinski definition) is 0. The minimum Gasteiger partial charge on any atom is -0.353 e. The Balaban J connectivity index is 1.55. The topological polar surface area (TPSA) is 54.3 Å². The SMILES string of the molecule is Cn1cc(/C=C\C(=O)N2CCN(c3ccccn3)CC2)cn1. The highest BCUT2D eigenvalue weighted by Gasteiger charge is 2.20. The van der Waals surface area contributed by atoms with E-state index in [1.807, 2.05) is 36.3 Å². The molecular formula is C16H19N5O. The lowest BCUT2D eigenvalue weighted by Crippen LogP contribution is -2.48. The summed E-state index contributed by atoms with van der Waals surface area (Å²) in [6.07, 6.45) is 8.84. The van der Waals surface area contributed by atoms with E-state index >= 15 is 0 Å². The highest BCUT2D eigenvalue weighted by atomic mass is 16.2. The molecule has 1 aliphatic heterocycles. The summed E-state index contributed by atoms with van der Waals surface area (Å²) in [6.45, 7) is 3.05. The lowest BCUT2D eigenvalue weighted by molar-refractivity contribution is -0.126. The number of anilines is 1. The van der Waals surface area contributed by atoms with E-state index in [0.717, 1.165) is 24.5 Å². The summed E-state index contributed by atoms with van der Waals surface area (Å²) in [5.41, 5.74) is 0.933. The third-order valence-corrected chi connectivity index (χ3v) is 3.71. The highest BCUT2D eigenvalue weighted by Crippen LogP contribution is 2.13. The molecule has 0 radical (unpaired) electrons. The van der Waals surface area contributed by atoms with E-state index in [2.05, 4.69) is 15.0 Å². The molecule has 22 heavy (non-hydrogen) atoms. The Morgan fingerprint density at radius 1 is 1.23 bits per heavy atom. The molecular weight excluding hydrogens is 278 g/mol. The van der Waals surface area contributed by atoms with Gasteiger partial charge in [0.15, 0.2) is 0 Å². The summed E-state index contributed by atoms with van der Waals surface area (Å²) < 4.78 is 1.72. The fraction of sp³-hybridized carbons (Fsp3) is 0.312. The molecule has 0 bridgehead atoms. The first-order valence-electron chi connectivity index (χ1n) is 7.34. The molecule has 0 unspecified atom stereocenters. The zero-order valence-electron chi connectivity index (χ0n) is 12.6. The van der Waals surface area contributed by atoms with Gasteiger partial charge in [0.05, 0.1) is 6.20 Å². The van der Waals surface area contributed by atoms with Crippen LogP contribution >= 0.6 is 0 Å². The molecule has 0 atom stereocenters. The molecule has 1 saturated heterocycles. The van der Waals surface area contributed by atoms with E-state index in [-0.39, 0.29) is 5.91 Å². The van der Waals surface area contributed by atoms with Crippen LogP contribution in [0.25, 0.3) is 6.08 Å². The molecule has 1 amide bonds. The Kier molecular flexibility index (Phi) is 4.18. The molecule has 1 aliphatic rings. The summed E-state index contributed by atoms with van der Waals surface area (Å²) >= 11 is 0. The molecule has 0 aromatic carbocycles. The van der Waals surface area contributed by atoms with Gasteiger partial charge in [0.1, 0.15) is 5.82 Å². The van der Waals surface area contributed by atoms with Crippen molar-refractivity contribution in [1.82, 2.24) is 19.7 Å². The van der Waals surface area contributed by atoms with Crippen LogP contribution in [-0.2, 0) is 11.8 Å². The number of aryl methyl sites for hydroxylation is 1. The van der Waals surface area contributed by atoms with Crippen LogP contribution in [0.4, 0.5) is 5.82 Å². The number of pyridine rings is 1. The van der Waals surface area contributed by atoms with Crippen molar-refractivity contribution in [3.8, 4) is 0 Å². The molecule has 3 heterocycles. The number of piperazine rings is 1. The van der Waals surface area contributed by atoms with Gasteiger partial charge in [-0.05, 0) is 18.2 Å². The van der Waals surface area contributed by atoms with E-state index < -0.39 is 0 Å². The van der Waals surface area contributed by atoms with Crippen LogP contribution in [0.5, 0.6) is 0 Å². The largest absolute Gasteiger partial charge is 0.353 e. The van der Waals surface area contributed by atoms with Crippen molar-refractivity contribution in [1.29, 1.82) is 0 Å². The number of rotatable bonds is 3. The van der Waals surface area contributed by atoms with E-state index in [1.165, 1.54) is 0 Å². The molecule has 0 saturated carbocycles. The lowest BCUT2D eigenvalue weighted by Gasteiger charge is -2.34. The molecule has 0 spiro atoms.